The molecule has 1 aliphatic heterocycles. The number of nitrogen functional groups attached to an aromatic ring is 1. The lowest BCUT2D eigenvalue weighted by Gasteiger charge is -2.37. The van der Waals surface area contributed by atoms with Gasteiger partial charge in [-0.25, -0.2) is 19.2 Å². The Morgan fingerprint density at radius 3 is 2.85 bits per heavy atom. The monoisotopic (exact) mass is 300 g/mol. The molecule has 1 saturated heterocycles. The first-order valence-electron chi connectivity index (χ1n) is 6.55. The van der Waals surface area contributed by atoms with E-state index in [0.717, 1.165) is 0 Å². The Bertz CT molecular complexity index is 546. The number of nitrogens with one attached hydrogen (secondary N) is 1. The lowest BCUT2D eigenvalue weighted by molar-refractivity contribution is -0.0230. The van der Waals surface area contributed by atoms with Crippen molar-refractivity contribution < 1.29 is 13.2 Å². The molecule has 112 valence electrons. The summed E-state index contributed by atoms with van der Waals surface area (Å²) >= 11 is 0. The number of hydrogen-bond donors (Lipinski definition) is 2. The van der Waals surface area contributed by atoms with E-state index in [1.165, 1.54) is 22.6 Å². The van der Waals surface area contributed by atoms with Gasteiger partial charge >= 0.3 is 0 Å². The number of pyridine rings is 1. The first-order chi connectivity index (χ1) is 9.48. The number of sulfonamides is 1. The molecule has 0 saturated carbocycles. The average Bonchev–Trinajstić information content (AvgIpc) is 2.47. The Balaban J connectivity index is 2.31. The number of aromatic nitrogens is 1. The van der Waals surface area contributed by atoms with Crippen molar-refractivity contribution in [3.05, 3.63) is 18.3 Å². The van der Waals surface area contributed by atoms with Gasteiger partial charge in [-0.1, -0.05) is 6.92 Å². The summed E-state index contributed by atoms with van der Waals surface area (Å²) < 4.78 is 32.4. The van der Waals surface area contributed by atoms with E-state index in [9.17, 15) is 8.42 Å². The summed E-state index contributed by atoms with van der Waals surface area (Å²) in [6.07, 6.45) is 1.92. The average molecular weight is 300 g/mol. The van der Waals surface area contributed by atoms with Crippen LogP contribution >= 0.6 is 0 Å². The van der Waals surface area contributed by atoms with Crippen LogP contribution in [0.25, 0.3) is 0 Å². The van der Waals surface area contributed by atoms with Crippen molar-refractivity contribution >= 4 is 15.8 Å². The summed E-state index contributed by atoms with van der Waals surface area (Å²) in [5, 5.41) is 0. The molecule has 0 aromatic carbocycles. The molecule has 1 aromatic heterocycles. The summed E-state index contributed by atoms with van der Waals surface area (Å²) in [5.74, 6) is 5.65. The van der Waals surface area contributed by atoms with Gasteiger partial charge in [-0.05, 0) is 25.5 Å². The van der Waals surface area contributed by atoms with Crippen molar-refractivity contribution in [1.82, 2.24) is 9.29 Å². The number of hydrazine groups is 1. The van der Waals surface area contributed by atoms with E-state index in [-0.39, 0.29) is 17.0 Å². The molecule has 7 nitrogen and oxygen atoms in total. The number of anilines is 1. The predicted octanol–water partition coefficient (Wildman–Crippen LogP) is 0.555. The van der Waals surface area contributed by atoms with Crippen molar-refractivity contribution in [3.63, 3.8) is 0 Å². The molecule has 0 amide bonds. The molecule has 8 heteroatoms. The predicted molar refractivity (Wildman–Crippen MR) is 75.4 cm³/mol. The van der Waals surface area contributed by atoms with Crippen LogP contribution in [-0.4, -0.2) is 43.0 Å². The summed E-state index contributed by atoms with van der Waals surface area (Å²) in [5.41, 5.74) is 2.37. The van der Waals surface area contributed by atoms with Crippen LogP contribution < -0.4 is 11.3 Å². The molecule has 2 heterocycles. The van der Waals surface area contributed by atoms with Gasteiger partial charge < -0.3 is 10.2 Å². The highest BCUT2D eigenvalue weighted by Gasteiger charge is 2.35. The SMILES string of the molecule is CCC1COC(C)CN1S(=O)(=O)c1ccc(NN)nc1. The van der Waals surface area contributed by atoms with Crippen LogP contribution in [0.1, 0.15) is 20.3 Å². The van der Waals surface area contributed by atoms with Crippen LogP contribution in [0.15, 0.2) is 23.2 Å². The Morgan fingerprint density at radius 2 is 2.30 bits per heavy atom. The van der Waals surface area contributed by atoms with Crippen molar-refractivity contribution in [2.24, 2.45) is 5.84 Å². The highest BCUT2D eigenvalue weighted by atomic mass is 32.2. The molecule has 2 rings (SSSR count). The molecule has 0 spiro atoms. The Labute approximate surface area is 119 Å². The number of morpholine rings is 1. The van der Waals surface area contributed by atoms with E-state index < -0.39 is 10.0 Å². The molecular weight excluding hydrogens is 280 g/mol. The number of ether oxygens (including phenoxy) is 1. The number of nitrogens with zero attached hydrogens (tertiary/aromatic N) is 2. The van der Waals surface area contributed by atoms with Crippen molar-refractivity contribution in [2.75, 3.05) is 18.6 Å². The van der Waals surface area contributed by atoms with Crippen LogP contribution in [-0.2, 0) is 14.8 Å². The Morgan fingerprint density at radius 1 is 1.55 bits per heavy atom. The zero-order valence-corrected chi connectivity index (χ0v) is 12.4. The highest BCUT2D eigenvalue weighted by molar-refractivity contribution is 7.89. The van der Waals surface area contributed by atoms with E-state index in [1.807, 2.05) is 13.8 Å². The first-order valence-corrected chi connectivity index (χ1v) is 7.99. The summed E-state index contributed by atoms with van der Waals surface area (Å²) in [6, 6.07) is 2.91. The van der Waals surface area contributed by atoms with Crippen molar-refractivity contribution in [1.29, 1.82) is 0 Å². The zero-order valence-electron chi connectivity index (χ0n) is 11.6. The van der Waals surface area contributed by atoms with Gasteiger partial charge in [0.2, 0.25) is 10.0 Å². The largest absolute Gasteiger partial charge is 0.375 e. The Kier molecular flexibility index (Phi) is 4.59. The third-order valence-electron chi connectivity index (χ3n) is 3.38. The molecule has 0 radical (unpaired) electrons. The van der Waals surface area contributed by atoms with Crippen LogP contribution in [0.3, 0.4) is 0 Å². The fourth-order valence-electron chi connectivity index (χ4n) is 2.18. The van der Waals surface area contributed by atoms with E-state index in [4.69, 9.17) is 10.6 Å². The van der Waals surface area contributed by atoms with Gasteiger partial charge in [-0.15, -0.1) is 0 Å². The fourth-order valence-corrected chi connectivity index (χ4v) is 3.89. The molecule has 1 fully saturated rings. The fraction of sp³-hybridized carbons (Fsp3) is 0.583. The quantitative estimate of drug-likeness (QED) is 0.623. The van der Waals surface area contributed by atoms with Crippen molar-refractivity contribution in [2.45, 2.75) is 37.3 Å². The minimum absolute atomic E-state index is 0.106. The lowest BCUT2D eigenvalue weighted by atomic mass is 10.2. The van der Waals surface area contributed by atoms with Gasteiger partial charge in [0, 0.05) is 18.8 Å². The number of nitrogens with two attached hydrogens (primary N) is 1. The third-order valence-corrected chi connectivity index (χ3v) is 5.28. The van der Waals surface area contributed by atoms with Crippen LogP contribution in [0.2, 0.25) is 0 Å². The van der Waals surface area contributed by atoms with E-state index >= 15 is 0 Å². The van der Waals surface area contributed by atoms with E-state index in [2.05, 4.69) is 10.4 Å². The van der Waals surface area contributed by atoms with Crippen LogP contribution in [0.5, 0.6) is 0 Å². The second-order valence-electron chi connectivity index (χ2n) is 4.80. The summed E-state index contributed by atoms with van der Waals surface area (Å²) in [4.78, 5) is 4.13. The molecule has 0 aliphatic carbocycles. The first kappa shape index (κ1) is 15.2. The third kappa shape index (κ3) is 2.93. The molecule has 20 heavy (non-hydrogen) atoms. The van der Waals surface area contributed by atoms with Crippen LogP contribution in [0, 0.1) is 0 Å². The van der Waals surface area contributed by atoms with Gasteiger partial charge in [0.15, 0.2) is 0 Å². The topological polar surface area (TPSA) is 97.5 Å². The maximum absolute atomic E-state index is 12.7. The van der Waals surface area contributed by atoms with Gasteiger partial charge in [0.05, 0.1) is 12.7 Å². The van der Waals surface area contributed by atoms with E-state index in [0.29, 0.717) is 25.4 Å². The summed E-state index contributed by atoms with van der Waals surface area (Å²) in [6.45, 7) is 4.60. The second-order valence-corrected chi connectivity index (χ2v) is 6.69. The number of rotatable bonds is 4. The molecular formula is C12H20N4O3S. The zero-order chi connectivity index (χ0) is 14.8. The molecule has 3 N–H and O–H groups in total. The van der Waals surface area contributed by atoms with Gasteiger partial charge in [0.25, 0.3) is 0 Å². The minimum atomic E-state index is -3.56. The van der Waals surface area contributed by atoms with Crippen molar-refractivity contribution in [3.8, 4) is 0 Å². The van der Waals surface area contributed by atoms with Gasteiger partial charge in [-0.3, -0.25) is 0 Å². The Hall–Kier alpha value is -1.22. The smallest absolute Gasteiger partial charge is 0.245 e. The second kappa shape index (κ2) is 6.04. The molecule has 2 unspecified atom stereocenters. The normalized spacial score (nSPS) is 24.6. The maximum atomic E-state index is 12.7. The minimum Gasteiger partial charge on any atom is -0.375 e. The lowest BCUT2D eigenvalue weighted by Crippen LogP contribution is -2.51. The van der Waals surface area contributed by atoms with Gasteiger partial charge in [0.1, 0.15) is 10.7 Å². The standard InChI is InChI=1S/C12H20N4O3S/c1-3-10-8-19-9(2)7-16(10)20(17,18)11-4-5-12(15-13)14-6-11/h4-6,9-10H,3,7-8,13H2,1-2H3,(H,14,15). The molecule has 2 atom stereocenters. The molecule has 0 bridgehead atoms. The maximum Gasteiger partial charge on any atom is 0.245 e. The number of hydrogen-bond acceptors (Lipinski definition) is 6. The summed E-state index contributed by atoms with van der Waals surface area (Å²) in [7, 11) is -3.56. The van der Waals surface area contributed by atoms with Gasteiger partial charge in [-0.2, -0.15) is 4.31 Å². The molecule has 1 aromatic rings. The van der Waals surface area contributed by atoms with E-state index in [1.54, 1.807) is 0 Å². The highest BCUT2D eigenvalue weighted by Crippen LogP contribution is 2.24. The van der Waals surface area contributed by atoms with Crippen LogP contribution in [0.4, 0.5) is 5.82 Å². The molecule has 1 aliphatic rings.